The van der Waals surface area contributed by atoms with Crippen molar-refractivity contribution in [2.45, 2.75) is 0 Å². The number of amides is 1. The lowest BCUT2D eigenvalue weighted by molar-refractivity contribution is -0.385. The number of ether oxygens (including phenoxy) is 4. The van der Waals surface area contributed by atoms with Crippen molar-refractivity contribution < 1.29 is 33.5 Å². The topological polar surface area (TPSA) is 139 Å². The molecule has 3 aromatic carbocycles. The average Bonchev–Trinajstić information content (AvgIpc) is 3.66. The summed E-state index contributed by atoms with van der Waals surface area (Å²) in [6.07, 6.45) is 1.35. The fourth-order valence-corrected chi connectivity index (χ4v) is 3.26. The van der Waals surface area contributed by atoms with Crippen LogP contribution in [0.25, 0.3) is 0 Å². The third kappa shape index (κ3) is 18.1. The first-order valence-corrected chi connectivity index (χ1v) is 14.8. The number of hydrogen-bond donors (Lipinski definition) is 1. The molecule has 0 radical (unpaired) electrons. The van der Waals surface area contributed by atoms with Gasteiger partial charge in [-0.05, 0) is 127 Å². The predicted molar refractivity (Wildman–Crippen MR) is 201 cm³/mol. The van der Waals surface area contributed by atoms with Gasteiger partial charge in [-0.1, -0.05) is 58.7 Å². The summed E-state index contributed by atoms with van der Waals surface area (Å²) in [5.74, 6) is 0.0926. The van der Waals surface area contributed by atoms with Gasteiger partial charge in [-0.15, -0.1) is 0 Å². The summed E-state index contributed by atoms with van der Waals surface area (Å²) in [4.78, 5) is 34.7. The fraction of sp³-hybridized carbons (Fsp3) is 0.0465. The van der Waals surface area contributed by atoms with Gasteiger partial charge in [0.2, 0.25) is 6.79 Å². The first-order chi connectivity index (χ1) is 26.2. The van der Waals surface area contributed by atoms with E-state index in [0.29, 0.717) is 22.6 Å². The minimum absolute atomic E-state index is 0.0244. The van der Waals surface area contributed by atoms with Crippen LogP contribution in [-0.2, 0) is 4.79 Å². The molecule has 54 heavy (non-hydrogen) atoms. The number of nitro benzene ring substituents is 1. The summed E-state index contributed by atoms with van der Waals surface area (Å²) in [6.45, 7) is 19.1. The van der Waals surface area contributed by atoms with Gasteiger partial charge >= 0.3 is 11.7 Å². The van der Waals surface area contributed by atoms with Crippen molar-refractivity contribution in [3.8, 4) is 23.0 Å². The zero-order valence-electron chi connectivity index (χ0n) is 28.7. The monoisotopic (exact) mass is 715 g/mol. The van der Waals surface area contributed by atoms with Gasteiger partial charge < -0.3 is 18.9 Å². The summed E-state index contributed by atoms with van der Waals surface area (Å²) in [7, 11) is 0. The number of rotatable bonds is 8. The molecule has 11 heteroatoms. The minimum atomic E-state index is -0.611. The van der Waals surface area contributed by atoms with E-state index in [1.54, 1.807) is 42.5 Å². The molecule has 11 nitrogen and oxygen atoms in total. The maximum absolute atomic E-state index is 12.4. The second-order valence-corrected chi connectivity index (χ2v) is 8.90. The maximum Gasteiger partial charge on any atom is 0.343 e. The number of para-hydroxylation sites is 2. The van der Waals surface area contributed by atoms with E-state index in [1.165, 1.54) is 30.5 Å². The number of esters is 1. The van der Waals surface area contributed by atoms with Crippen LogP contribution in [0.2, 0.25) is 0 Å². The van der Waals surface area contributed by atoms with Crippen LogP contribution in [0.5, 0.6) is 23.0 Å². The molecule has 0 aromatic heterocycles. The quantitative estimate of drug-likeness (QED) is 0.0627. The van der Waals surface area contributed by atoms with Gasteiger partial charge in [0.05, 0.1) is 16.7 Å². The van der Waals surface area contributed by atoms with Gasteiger partial charge in [0, 0.05) is 6.07 Å². The van der Waals surface area contributed by atoms with E-state index in [9.17, 15) is 19.7 Å². The third-order valence-electron chi connectivity index (χ3n) is 5.34. The summed E-state index contributed by atoms with van der Waals surface area (Å²) >= 11 is 0. The number of carbonyl (C=O) groups is 2. The van der Waals surface area contributed by atoms with Crippen LogP contribution in [0.4, 0.5) is 5.69 Å². The van der Waals surface area contributed by atoms with E-state index >= 15 is 0 Å². The Morgan fingerprint density at radius 3 is 1.93 bits per heavy atom. The molecule has 0 saturated carbocycles. The van der Waals surface area contributed by atoms with E-state index in [1.807, 2.05) is 0 Å². The van der Waals surface area contributed by atoms with Gasteiger partial charge in [-0.25, -0.2) is 10.2 Å². The van der Waals surface area contributed by atoms with Crippen LogP contribution in [0.1, 0.15) is 15.9 Å². The Morgan fingerprint density at radius 2 is 1.33 bits per heavy atom. The molecule has 1 heterocycles. The maximum atomic E-state index is 12.4. The molecule has 0 unspecified atom stereocenters. The molecular formula is C43H29N3O8. The molecule has 1 amide bonds. The predicted octanol–water partition coefficient (Wildman–Crippen LogP) is 7.65. The van der Waals surface area contributed by atoms with Gasteiger partial charge in [0.1, 0.15) is 5.75 Å². The van der Waals surface area contributed by atoms with Crippen molar-refractivity contribution >= 4 is 23.8 Å². The van der Waals surface area contributed by atoms with Gasteiger partial charge in [0.15, 0.2) is 23.9 Å². The van der Waals surface area contributed by atoms with E-state index in [2.05, 4.69) is 130 Å². The van der Waals surface area contributed by atoms with Crippen LogP contribution in [-0.4, -0.2) is 36.4 Å². The molecule has 4 rings (SSSR count). The largest absolute Gasteiger partial charge is 0.477 e. The molecule has 0 aliphatic carbocycles. The van der Waals surface area contributed by atoms with E-state index < -0.39 is 23.4 Å². The number of hydrogen-bond acceptors (Lipinski definition) is 9. The standard InChI is InChI=1S/C23H17N3O8.C8H4.2C6H4/c27-22(13-31-19-7-2-1-6-18(19)26(29)30)25-24-12-15-4-3-5-17(10-15)34-23(28)16-8-9-20-21(11-16)33-14-32-20;1-3-5-7-8-6-4-2;2*1-3-5-6-4-2/h1-12H,13-14H2,(H,25,27);1-2H2;2*1-2H2/b24-12+;;;. The molecule has 1 aliphatic rings. The number of nitrogens with zero attached hydrogens (tertiary/aromatic N) is 2. The van der Waals surface area contributed by atoms with Gasteiger partial charge in [-0.3, -0.25) is 14.9 Å². The number of carbonyl (C=O) groups excluding carboxylic acids is 2. The van der Waals surface area contributed by atoms with Crippen LogP contribution in [0.15, 0.2) is 192 Å². The Balaban J connectivity index is 0.000000597. The van der Waals surface area contributed by atoms with Crippen molar-refractivity contribution in [1.82, 2.24) is 5.43 Å². The zero-order valence-corrected chi connectivity index (χ0v) is 28.7. The molecule has 1 N–H and O–H groups in total. The van der Waals surface area contributed by atoms with Crippen molar-refractivity contribution in [1.29, 1.82) is 0 Å². The molecule has 1 aliphatic heterocycles. The normalized spacial score (nSPS) is 8.67. The van der Waals surface area contributed by atoms with Crippen molar-refractivity contribution in [3.63, 3.8) is 0 Å². The summed E-state index contributed by atoms with van der Waals surface area (Å²) in [5.41, 5.74) is 36.4. The summed E-state index contributed by atoms with van der Waals surface area (Å²) < 4.78 is 21.1. The number of benzene rings is 3. The lowest BCUT2D eigenvalue weighted by Gasteiger charge is -2.06. The third-order valence-corrected chi connectivity index (χ3v) is 5.34. The highest BCUT2D eigenvalue weighted by Crippen LogP contribution is 2.32. The number of nitro groups is 1. The van der Waals surface area contributed by atoms with Crippen LogP contribution >= 0.6 is 0 Å². The smallest absolute Gasteiger partial charge is 0.343 e. The molecule has 0 saturated heterocycles. The van der Waals surface area contributed by atoms with Crippen LogP contribution in [0, 0.1) is 10.1 Å². The fourth-order valence-electron chi connectivity index (χ4n) is 3.26. The molecule has 0 bridgehead atoms. The van der Waals surface area contributed by atoms with Gasteiger partial charge in [0.25, 0.3) is 5.91 Å². The van der Waals surface area contributed by atoms with Gasteiger partial charge in [-0.2, -0.15) is 5.10 Å². The Morgan fingerprint density at radius 1 is 0.759 bits per heavy atom. The molecule has 0 atom stereocenters. The molecule has 3 aromatic rings. The highest BCUT2D eigenvalue weighted by molar-refractivity contribution is 5.92. The molecule has 264 valence electrons. The second kappa shape index (κ2) is 27.1. The number of hydrazone groups is 1. The molecule has 0 fully saturated rings. The molecule has 0 spiro atoms. The van der Waals surface area contributed by atoms with Crippen LogP contribution < -0.4 is 24.4 Å². The second-order valence-electron chi connectivity index (χ2n) is 8.90. The SMILES string of the molecule is C=C=C=C=C=C.C=C=C=C=C=C.C=C=C=C=C=C=C=C.O=C(COc1ccccc1[N+](=O)[O-])N/N=C/c1cccc(OC(=O)c2ccc3c(c2)OCO3)c1. The van der Waals surface area contributed by atoms with Crippen molar-refractivity contribution in [3.05, 3.63) is 208 Å². The first-order valence-electron chi connectivity index (χ1n) is 14.8. The Bertz CT molecular complexity index is 2300. The van der Waals surface area contributed by atoms with Crippen molar-refractivity contribution in [2.75, 3.05) is 13.4 Å². The summed E-state index contributed by atoms with van der Waals surface area (Å²) in [6, 6.07) is 17.0. The average molecular weight is 716 g/mol. The van der Waals surface area contributed by atoms with E-state index in [-0.39, 0.29) is 24.0 Å². The number of nitrogens with one attached hydrogen (secondary N) is 1. The van der Waals surface area contributed by atoms with Crippen molar-refractivity contribution in [2.24, 2.45) is 5.10 Å². The molecular weight excluding hydrogens is 686 g/mol. The van der Waals surface area contributed by atoms with Crippen LogP contribution in [0.3, 0.4) is 0 Å². The highest BCUT2D eigenvalue weighted by atomic mass is 16.7. The zero-order chi connectivity index (χ0) is 39.8. The Labute approximate surface area is 311 Å². The lowest BCUT2D eigenvalue weighted by atomic mass is 10.2. The minimum Gasteiger partial charge on any atom is -0.477 e. The summed E-state index contributed by atoms with van der Waals surface area (Å²) in [5, 5.41) is 14.8. The highest BCUT2D eigenvalue weighted by Gasteiger charge is 2.18. The number of fused-ring (bicyclic) bond motifs is 1. The van der Waals surface area contributed by atoms with E-state index in [4.69, 9.17) is 18.9 Å². The Hall–Kier alpha value is -8.79. The Kier molecular flexibility index (Phi) is 21.7. The first kappa shape index (κ1) is 43.2. The van der Waals surface area contributed by atoms with E-state index in [0.717, 1.165) is 0 Å². The lowest BCUT2D eigenvalue weighted by Crippen LogP contribution is -2.24.